The summed E-state index contributed by atoms with van der Waals surface area (Å²) in [6, 6.07) is 3.94. The zero-order chi connectivity index (χ0) is 13.0. The van der Waals surface area contributed by atoms with E-state index in [4.69, 9.17) is 0 Å². The van der Waals surface area contributed by atoms with Crippen LogP contribution in [0.15, 0.2) is 22.7 Å². The number of aryl methyl sites for hydroxylation is 1. The Morgan fingerprint density at radius 2 is 2.33 bits per heavy atom. The lowest BCUT2D eigenvalue weighted by Crippen LogP contribution is -2.01. The van der Waals surface area contributed by atoms with Gasteiger partial charge in [0.2, 0.25) is 0 Å². The minimum atomic E-state index is -0.364. The molecule has 0 aliphatic carbocycles. The van der Waals surface area contributed by atoms with Crippen molar-refractivity contribution in [1.29, 1.82) is 0 Å². The molecule has 0 spiro atoms. The summed E-state index contributed by atoms with van der Waals surface area (Å²) in [6.45, 7) is 4.93. The maximum Gasteiger partial charge on any atom is 0.191 e. The first-order chi connectivity index (χ1) is 8.72. The molecule has 0 saturated carbocycles. The predicted octanol–water partition coefficient (Wildman–Crippen LogP) is 2.88. The number of thioether (sulfide) groups is 1. The van der Waals surface area contributed by atoms with Gasteiger partial charge in [-0.25, -0.2) is 0 Å². The van der Waals surface area contributed by atoms with Crippen molar-refractivity contribution in [3.63, 3.8) is 0 Å². The van der Waals surface area contributed by atoms with Crippen molar-refractivity contribution >= 4 is 23.1 Å². The molecule has 1 N–H and O–H groups in total. The van der Waals surface area contributed by atoms with E-state index in [0.29, 0.717) is 0 Å². The molecular formula is C12H17N3OS2. The normalized spacial score (nSPS) is 12.8. The SMILES string of the molecule is CCn1c(C)nnc1SCC[C@@H](O)c1cccs1. The molecule has 0 bridgehead atoms. The van der Waals surface area contributed by atoms with Crippen molar-refractivity contribution in [2.24, 2.45) is 0 Å². The van der Waals surface area contributed by atoms with E-state index in [1.807, 2.05) is 24.4 Å². The summed E-state index contributed by atoms with van der Waals surface area (Å²) < 4.78 is 2.09. The molecule has 2 aromatic heterocycles. The summed E-state index contributed by atoms with van der Waals surface area (Å²) >= 11 is 3.25. The van der Waals surface area contributed by atoms with Gasteiger partial charge in [0, 0.05) is 17.2 Å². The molecule has 0 radical (unpaired) electrons. The van der Waals surface area contributed by atoms with Crippen LogP contribution in [-0.4, -0.2) is 25.6 Å². The highest BCUT2D eigenvalue weighted by Crippen LogP contribution is 2.25. The predicted molar refractivity (Wildman–Crippen MR) is 75.1 cm³/mol. The third-order valence-electron chi connectivity index (χ3n) is 2.71. The number of aliphatic hydroxyl groups excluding tert-OH is 1. The number of thiophene rings is 1. The fourth-order valence-corrected chi connectivity index (χ4v) is 3.50. The van der Waals surface area contributed by atoms with Crippen LogP contribution >= 0.6 is 23.1 Å². The van der Waals surface area contributed by atoms with Crippen LogP contribution in [0, 0.1) is 6.92 Å². The van der Waals surface area contributed by atoms with E-state index in [-0.39, 0.29) is 6.10 Å². The maximum absolute atomic E-state index is 9.97. The van der Waals surface area contributed by atoms with Crippen LogP contribution in [0.3, 0.4) is 0 Å². The van der Waals surface area contributed by atoms with Crippen molar-refractivity contribution in [3.8, 4) is 0 Å². The molecule has 6 heteroatoms. The molecule has 2 rings (SSSR count). The molecule has 4 nitrogen and oxygen atoms in total. The van der Waals surface area contributed by atoms with Gasteiger partial charge in [-0.05, 0) is 31.7 Å². The number of aromatic nitrogens is 3. The Hall–Kier alpha value is -0.850. The summed E-state index contributed by atoms with van der Waals surface area (Å²) in [4.78, 5) is 1.03. The third kappa shape index (κ3) is 3.13. The zero-order valence-electron chi connectivity index (χ0n) is 10.5. The van der Waals surface area contributed by atoms with Crippen LogP contribution in [0.25, 0.3) is 0 Å². The quantitative estimate of drug-likeness (QED) is 0.828. The minimum absolute atomic E-state index is 0.364. The van der Waals surface area contributed by atoms with Crippen molar-refractivity contribution in [1.82, 2.24) is 14.8 Å². The van der Waals surface area contributed by atoms with Gasteiger partial charge in [-0.2, -0.15) is 0 Å². The molecule has 0 fully saturated rings. The third-order valence-corrected chi connectivity index (χ3v) is 4.69. The topological polar surface area (TPSA) is 50.9 Å². The Balaban J connectivity index is 1.85. The lowest BCUT2D eigenvalue weighted by molar-refractivity contribution is 0.179. The first-order valence-electron chi connectivity index (χ1n) is 5.96. The molecule has 0 aromatic carbocycles. The van der Waals surface area contributed by atoms with E-state index in [1.165, 1.54) is 0 Å². The fraction of sp³-hybridized carbons (Fsp3) is 0.500. The number of nitrogens with zero attached hydrogens (tertiary/aromatic N) is 3. The van der Waals surface area contributed by atoms with Crippen molar-refractivity contribution in [2.45, 2.75) is 38.1 Å². The summed E-state index contributed by atoms with van der Waals surface area (Å²) in [5.74, 6) is 1.79. The lowest BCUT2D eigenvalue weighted by atomic mass is 10.2. The molecular weight excluding hydrogens is 266 g/mol. The van der Waals surface area contributed by atoms with E-state index in [1.54, 1.807) is 23.1 Å². The highest BCUT2D eigenvalue weighted by atomic mass is 32.2. The van der Waals surface area contributed by atoms with E-state index in [9.17, 15) is 5.11 Å². The van der Waals surface area contributed by atoms with Crippen LogP contribution in [0.5, 0.6) is 0 Å². The Bertz CT molecular complexity index is 481. The van der Waals surface area contributed by atoms with Gasteiger partial charge in [-0.3, -0.25) is 0 Å². The maximum atomic E-state index is 9.97. The summed E-state index contributed by atoms with van der Waals surface area (Å²) in [7, 11) is 0. The Labute approximate surface area is 115 Å². The van der Waals surface area contributed by atoms with Gasteiger partial charge in [0.15, 0.2) is 5.16 Å². The van der Waals surface area contributed by atoms with Crippen molar-refractivity contribution < 1.29 is 5.11 Å². The fourth-order valence-electron chi connectivity index (χ4n) is 1.72. The molecule has 1 atom stereocenters. The second-order valence-corrected chi connectivity index (χ2v) is 5.98. The first kappa shape index (κ1) is 13.6. The highest BCUT2D eigenvalue weighted by Gasteiger charge is 2.11. The van der Waals surface area contributed by atoms with E-state index in [0.717, 1.165) is 34.6 Å². The smallest absolute Gasteiger partial charge is 0.191 e. The summed E-state index contributed by atoms with van der Waals surface area (Å²) in [5, 5.41) is 21.1. The van der Waals surface area contributed by atoms with Crippen LogP contribution in [-0.2, 0) is 6.54 Å². The number of hydrogen-bond acceptors (Lipinski definition) is 5. The lowest BCUT2D eigenvalue weighted by Gasteiger charge is -2.08. The van der Waals surface area contributed by atoms with Gasteiger partial charge in [0.05, 0.1) is 6.10 Å². The molecule has 2 aromatic rings. The van der Waals surface area contributed by atoms with Crippen molar-refractivity contribution in [2.75, 3.05) is 5.75 Å². The molecule has 18 heavy (non-hydrogen) atoms. The zero-order valence-corrected chi connectivity index (χ0v) is 12.2. The van der Waals surface area contributed by atoms with E-state index >= 15 is 0 Å². The highest BCUT2D eigenvalue weighted by molar-refractivity contribution is 7.99. The molecule has 0 amide bonds. The van der Waals surface area contributed by atoms with Crippen LogP contribution in [0.4, 0.5) is 0 Å². The molecule has 0 aliphatic rings. The standard InChI is InChI=1S/C12H17N3OS2/c1-3-15-9(2)13-14-12(15)18-8-6-10(16)11-5-4-7-17-11/h4-5,7,10,16H,3,6,8H2,1-2H3/t10-/m1/s1. The second-order valence-electron chi connectivity index (χ2n) is 3.94. The average molecular weight is 283 g/mol. The molecule has 2 heterocycles. The molecule has 0 unspecified atom stereocenters. The van der Waals surface area contributed by atoms with Gasteiger partial charge >= 0.3 is 0 Å². The number of hydrogen-bond donors (Lipinski definition) is 1. The average Bonchev–Trinajstić information content (AvgIpc) is 2.99. The summed E-state index contributed by atoms with van der Waals surface area (Å²) in [6.07, 6.45) is 0.373. The summed E-state index contributed by atoms with van der Waals surface area (Å²) in [5.41, 5.74) is 0. The van der Waals surface area contributed by atoms with E-state index in [2.05, 4.69) is 21.7 Å². The monoisotopic (exact) mass is 283 g/mol. The molecule has 0 aliphatic heterocycles. The second kappa shape index (κ2) is 6.36. The minimum Gasteiger partial charge on any atom is -0.388 e. The van der Waals surface area contributed by atoms with Gasteiger partial charge in [0.25, 0.3) is 0 Å². The first-order valence-corrected chi connectivity index (χ1v) is 7.83. The van der Waals surface area contributed by atoms with Gasteiger partial charge in [-0.15, -0.1) is 21.5 Å². The molecule has 98 valence electrons. The molecule has 0 saturated heterocycles. The Morgan fingerprint density at radius 1 is 1.50 bits per heavy atom. The van der Waals surface area contributed by atoms with Crippen LogP contribution in [0.2, 0.25) is 0 Å². The van der Waals surface area contributed by atoms with Crippen LogP contribution in [0.1, 0.15) is 30.2 Å². The Kier molecular flexibility index (Phi) is 4.79. The van der Waals surface area contributed by atoms with Crippen LogP contribution < -0.4 is 0 Å². The van der Waals surface area contributed by atoms with Crippen molar-refractivity contribution in [3.05, 3.63) is 28.2 Å². The number of aliphatic hydroxyl groups is 1. The van der Waals surface area contributed by atoms with Gasteiger partial charge < -0.3 is 9.67 Å². The largest absolute Gasteiger partial charge is 0.388 e. The van der Waals surface area contributed by atoms with Gasteiger partial charge in [-0.1, -0.05) is 17.8 Å². The number of rotatable bonds is 6. The van der Waals surface area contributed by atoms with Gasteiger partial charge in [0.1, 0.15) is 5.82 Å². The Morgan fingerprint density at radius 3 is 3.00 bits per heavy atom. The van der Waals surface area contributed by atoms with E-state index < -0.39 is 0 Å².